The summed E-state index contributed by atoms with van der Waals surface area (Å²) in [5.74, 6) is -0.804. The summed E-state index contributed by atoms with van der Waals surface area (Å²) >= 11 is 2.86. The fourth-order valence-corrected chi connectivity index (χ4v) is 5.00. The molecule has 0 unspecified atom stereocenters. The number of fused-ring (bicyclic) bond motifs is 1. The third-order valence-electron chi connectivity index (χ3n) is 4.69. The Morgan fingerprint density at radius 2 is 1.84 bits per heavy atom. The molecule has 2 aromatic heterocycles. The molecule has 0 spiro atoms. The SMILES string of the molecule is CN(CC(=O)Nc1ccc(F)cc1)C(=O)CSc1ncnc2scc(-c3ccccc3)c12. The number of thiophene rings is 1. The first-order chi connectivity index (χ1) is 15.5. The minimum absolute atomic E-state index is 0.107. The van der Waals surface area contributed by atoms with E-state index in [0.29, 0.717) is 5.69 Å². The lowest BCUT2D eigenvalue weighted by Crippen LogP contribution is -2.35. The highest BCUT2D eigenvalue weighted by Crippen LogP contribution is 2.37. The maximum Gasteiger partial charge on any atom is 0.243 e. The van der Waals surface area contributed by atoms with E-state index in [2.05, 4.69) is 15.3 Å². The number of halogens is 1. The Morgan fingerprint density at radius 1 is 1.09 bits per heavy atom. The zero-order chi connectivity index (χ0) is 22.5. The van der Waals surface area contributed by atoms with Gasteiger partial charge in [-0.05, 0) is 29.8 Å². The number of aromatic nitrogens is 2. The fraction of sp³-hybridized carbons (Fsp3) is 0.130. The molecule has 1 N–H and O–H groups in total. The van der Waals surface area contributed by atoms with Crippen molar-refractivity contribution in [2.45, 2.75) is 5.03 Å². The van der Waals surface area contributed by atoms with Crippen LogP contribution in [0.1, 0.15) is 0 Å². The van der Waals surface area contributed by atoms with Gasteiger partial charge >= 0.3 is 0 Å². The molecule has 0 radical (unpaired) electrons. The highest BCUT2D eigenvalue weighted by Gasteiger charge is 2.17. The van der Waals surface area contributed by atoms with Gasteiger partial charge in [0.05, 0.1) is 17.7 Å². The van der Waals surface area contributed by atoms with Crippen molar-refractivity contribution in [2.24, 2.45) is 0 Å². The van der Waals surface area contributed by atoms with Crippen LogP contribution in [0, 0.1) is 5.82 Å². The smallest absolute Gasteiger partial charge is 0.243 e. The van der Waals surface area contributed by atoms with Gasteiger partial charge < -0.3 is 10.2 Å². The maximum absolute atomic E-state index is 13.0. The van der Waals surface area contributed by atoms with Gasteiger partial charge in [0, 0.05) is 23.7 Å². The normalized spacial score (nSPS) is 10.8. The summed E-state index contributed by atoms with van der Waals surface area (Å²) in [6.45, 7) is -0.107. The fourth-order valence-electron chi connectivity index (χ4n) is 3.06. The summed E-state index contributed by atoms with van der Waals surface area (Å²) in [6, 6.07) is 15.4. The van der Waals surface area contributed by atoms with Crippen LogP contribution in [0.4, 0.5) is 10.1 Å². The molecule has 4 aromatic rings. The molecule has 0 atom stereocenters. The lowest BCUT2D eigenvalue weighted by molar-refractivity contribution is -0.131. The van der Waals surface area contributed by atoms with Gasteiger partial charge in [-0.25, -0.2) is 14.4 Å². The molecule has 9 heteroatoms. The predicted octanol–water partition coefficient (Wildman–Crippen LogP) is 4.69. The highest BCUT2D eigenvalue weighted by molar-refractivity contribution is 8.00. The van der Waals surface area contributed by atoms with Crippen LogP contribution in [0.2, 0.25) is 0 Å². The summed E-state index contributed by atoms with van der Waals surface area (Å²) in [6.07, 6.45) is 1.50. The van der Waals surface area contributed by atoms with E-state index >= 15 is 0 Å². The second-order valence-corrected chi connectivity index (χ2v) is 8.79. The average molecular weight is 467 g/mol. The van der Waals surface area contributed by atoms with Gasteiger partial charge in [-0.2, -0.15) is 0 Å². The first-order valence-corrected chi connectivity index (χ1v) is 11.6. The van der Waals surface area contributed by atoms with E-state index in [1.165, 1.54) is 58.6 Å². The Bertz CT molecular complexity index is 1250. The highest BCUT2D eigenvalue weighted by atomic mass is 32.2. The lowest BCUT2D eigenvalue weighted by Gasteiger charge is -2.16. The minimum Gasteiger partial charge on any atom is -0.336 e. The molecule has 0 saturated carbocycles. The van der Waals surface area contributed by atoms with Crippen molar-refractivity contribution < 1.29 is 14.0 Å². The Morgan fingerprint density at radius 3 is 2.59 bits per heavy atom. The monoisotopic (exact) mass is 466 g/mol. The van der Waals surface area contributed by atoms with Crippen LogP contribution in [0.25, 0.3) is 21.3 Å². The summed E-state index contributed by atoms with van der Waals surface area (Å²) in [7, 11) is 1.57. The summed E-state index contributed by atoms with van der Waals surface area (Å²) in [4.78, 5) is 35.8. The molecule has 6 nitrogen and oxygen atoms in total. The second-order valence-electron chi connectivity index (χ2n) is 6.97. The van der Waals surface area contributed by atoms with Crippen molar-refractivity contribution in [1.82, 2.24) is 14.9 Å². The largest absolute Gasteiger partial charge is 0.336 e. The van der Waals surface area contributed by atoms with E-state index in [1.807, 2.05) is 35.7 Å². The Hall–Kier alpha value is -3.30. The van der Waals surface area contributed by atoms with Crippen LogP contribution in [0.15, 0.2) is 71.3 Å². The van der Waals surface area contributed by atoms with Crippen LogP contribution < -0.4 is 5.32 Å². The molecular weight excluding hydrogens is 447 g/mol. The van der Waals surface area contributed by atoms with Crippen molar-refractivity contribution in [3.8, 4) is 11.1 Å². The Kier molecular flexibility index (Phi) is 6.77. The zero-order valence-corrected chi connectivity index (χ0v) is 18.8. The first kappa shape index (κ1) is 21.9. The van der Waals surface area contributed by atoms with E-state index in [1.54, 1.807) is 7.05 Å². The Labute approximate surface area is 192 Å². The van der Waals surface area contributed by atoms with Gasteiger partial charge in [-0.1, -0.05) is 42.1 Å². The molecule has 32 heavy (non-hydrogen) atoms. The second kappa shape index (κ2) is 9.88. The number of nitrogens with one attached hydrogen (secondary N) is 1. The van der Waals surface area contributed by atoms with Crippen LogP contribution in [-0.4, -0.2) is 46.0 Å². The Balaban J connectivity index is 1.41. The molecule has 2 heterocycles. The molecule has 2 amide bonds. The zero-order valence-electron chi connectivity index (χ0n) is 17.1. The molecular formula is C23H19FN4O2S2. The topological polar surface area (TPSA) is 75.2 Å². The van der Waals surface area contributed by atoms with Crippen molar-refractivity contribution in [2.75, 3.05) is 24.7 Å². The number of anilines is 1. The number of carbonyl (C=O) groups is 2. The molecule has 162 valence electrons. The number of carbonyl (C=O) groups excluding carboxylic acids is 2. The number of likely N-dealkylation sites (N-methyl/N-ethyl adjacent to an activating group) is 1. The van der Waals surface area contributed by atoms with Gasteiger partial charge in [0.25, 0.3) is 0 Å². The van der Waals surface area contributed by atoms with Gasteiger partial charge in [0.15, 0.2) is 0 Å². The maximum atomic E-state index is 13.0. The first-order valence-electron chi connectivity index (χ1n) is 9.71. The number of hydrogen-bond acceptors (Lipinski definition) is 6. The number of amides is 2. The molecule has 0 aliphatic carbocycles. The van der Waals surface area contributed by atoms with Crippen molar-refractivity contribution in [3.63, 3.8) is 0 Å². The molecule has 0 aliphatic heterocycles. The molecule has 2 aromatic carbocycles. The van der Waals surface area contributed by atoms with Gasteiger partial charge in [0.2, 0.25) is 11.8 Å². The van der Waals surface area contributed by atoms with Crippen LogP contribution in [-0.2, 0) is 9.59 Å². The minimum atomic E-state index is -0.382. The molecule has 0 saturated heterocycles. The number of thioether (sulfide) groups is 1. The van der Waals surface area contributed by atoms with Crippen LogP contribution >= 0.6 is 23.1 Å². The van der Waals surface area contributed by atoms with Crippen LogP contribution in [0.5, 0.6) is 0 Å². The molecule has 0 bridgehead atoms. The van der Waals surface area contributed by atoms with E-state index < -0.39 is 0 Å². The number of benzene rings is 2. The van der Waals surface area contributed by atoms with E-state index in [9.17, 15) is 14.0 Å². The number of hydrogen-bond donors (Lipinski definition) is 1. The van der Waals surface area contributed by atoms with Crippen molar-refractivity contribution in [1.29, 1.82) is 0 Å². The molecule has 0 aliphatic rings. The van der Waals surface area contributed by atoms with Gasteiger partial charge in [-0.3, -0.25) is 9.59 Å². The quantitative estimate of drug-likeness (QED) is 0.316. The third kappa shape index (κ3) is 5.12. The van der Waals surface area contributed by atoms with Gasteiger partial charge in [-0.15, -0.1) is 11.3 Å². The summed E-state index contributed by atoms with van der Waals surface area (Å²) < 4.78 is 13.0. The lowest BCUT2D eigenvalue weighted by atomic mass is 10.1. The molecule has 0 fully saturated rings. The van der Waals surface area contributed by atoms with Crippen molar-refractivity contribution in [3.05, 3.63) is 72.1 Å². The van der Waals surface area contributed by atoms with Crippen LogP contribution in [0.3, 0.4) is 0 Å². The third-order valence-corrected chi connectivity index (χ3v) is 6.55. The summed E-state index contributed by atoms with van der Waals surface area (Å²) in [5, 5.41) is 6.36. The van der Waals surface area contributed by atoms with Gasteiger partial charge in [0.1, 0.15) is 22.0 Å². The average Bonchev–Trinajstić information content (AvgIpc) is 3.24. The van der Waals surface area contributed by atoms with Crippen molar-refractivity contribution >= 4 is 50.8 Å². The standard InChI is InChI=1S/C23H19FN4O2S2/c1-28(11-19(29)27-17-9-7-16(24)8-10-17)20(30)13-32-23-21-18(15-5-3-2-4-6-15)12-31-22(21)25-14-26-23/h2-10,12,14H,11,13H2,1H3,(H,27,29). The van der Waals surface area contributed by atoms with E-state index in [0.717, 1.165) is 26.4 Å². The summed E-state index contributed by atoms with van der Waals surface area (Å²) in [5.41, 5.74) is 2.57. The molecule has 4 rings (SSSR count). The van der Waals surface area contributed by atoms with E-state index in [-0.39, 0.29) is 29.9 Å². The van der Waals surface area contributed by atoms with E-state index in [4.69, 9.17) is 0 Å². The number of rotatable bonds is 7. The predicted molar refractivity (Wildman–Crippen MR) is 126 cm³/mol. The number of nitrogens with zero attached hydrogens (tertiary/aromatic N) is 3.